The van der Waals surface area contributed by atoms with Gasteiger partial charge in [-0.25, -0.2) is 0 Å². The van der Waals surface area contributed by atoms with E-state index in [0.717, 1.165) is 31.7 Å². The number of hydrogen-bond acceptors (Lipinski definition) is 2. The number of benzene rings is 1. The molecule has 0 spiro atoms. The highest BCUT2D eigenvalue weighted by Gasteiger charge is 2.34. The molecule has 1 aromatic carbocycles. The van der Waals surface area contributed by atoms with Crippen molar-refractivity contribution in [1.82, 2.24) is 5.32 Å². The molecule has 2 aliphatic rings. The summed E-state index contributed by atoms with van der Waals surface area (Å²) in [5.74, 6) is 0.929. The number of fused-ring (bicyclic) bond motifs is 1. The van der Waals surface area contributed by atoms with Crippen molar-refractivity contribution in [2.75, 3.05) is 24.5 Å². The van der Waals surface area contributed by atoms with Gasteiger partial charge in [0.25, 0.3) is 0 Å². The van der Waals surface area contributed by atoms with E-state index < -0.39 is 0 Å². The van der Waals surface area contributed by atoms with Gasteiger partial charge >= 0.3 is 0 Å². The highest BCUT2D eigenvalue weighted by atomic mass is 16.2. The molecule has 21 heavy (non-hydrogen) atoms. The molecule has 0 radical (unpaired) electrons. The molecule has 1 saturated heterocycles. The number of anilines is 1. The summed E-state index contributed by atoms with van der Waals surface area (Å²) in [4.78, 5) is 14.7. The second-order valence-corrected chi connectivity index (χ2v) is 7.54. The first kappa shape index (κ1) is 14.6. The van der Waals surface area contributed by atoms with Crippen molar-refractivity contribution in [3.05, 3.63) is 29.3 Å². The second kappa shape index (κ2) is 5.13. The average Bonchev–Trinajstić information content (AvgIpc) is 2.77. The van der Waals surface area contributed by atoms with Crippen LogP contribution >= 0.6 is 0 Å². The van der Waals surface area contributed by atoms with E-state index in [1.165, 1.54) is 11.1 Å². The molecule has 0 aromatic heterocycles. The number of amides is 1. The summed E-state index contributed by atoms with van der Waals surface area (Å²) >= 11 is 0. The molecule has 1 unspecified atom stereocenters. The van der Waals surface area contributed by atoms with Gasteiger partial charge in [0.15, 0.2) is 0 Å². The molecule has 114 valence electrons. The van der Waals surface area contributed by atoms with E-state index >= 15 is 0 Å². The Morgan fingerprint density at radius 1 is 1.33 bits per heavy atom. The second-order valence-electron chi connectivity index (χ2n) is 7.54. The van der Waals surface area contributed by atoms with Crippen LogP contribution < -0.4 is 10.2 Å². The number of hydrogen-bond donors (Lipinski definition) is 1. The Labute approximate surface area is 127 Å². The number of nitrogens with one attached hydrogen (secondary N) is 1. The molecule has 3 rings (SSSR count). The molecule has 1 fully saturated rings. The van der Waals surface area contributed by atoms with Gasteiger partial charge in [-0.05, 0) is 48.0 Å². The quantitative estimate of drug-likeness (QED) is 0.906. The Bertz CT molecular complexity index is 555. The van der Waals surface area contributed by atoms with Gasteiger partial charge in [-0.1, -0.05) is 39.8 Å². The van der Waals surface area contributed by atoms with Gasteiger partial charge in [0, 0.05) is 18.2 Å². The Balaban J connectivity index is 1.82. The van der Waals surface area contributed by atoms with Crippen LogP contribution in [0.3, 0.4) is 0 Å². The van der Waals surface area contributed by atoms with Gasteiger partial charge in [-0.15, -0.1) is 0 Å². The number of carbonyl (C=O) groups excluding carboxylic acids is 1. The zero-order chi connectivity index (χ0) is 15.2. The summed E-state index contributed by atoms with van der Waals surface area (Å²) in [6.07, 6.45) is 0.987. The first-order valence-electron chi connectivity index (χ1n) is 8.03. The van der Waals surface area contributed by atoms with Crippen LogP contribution in [-0.2, 0) is 16.6 Å². The molecule has 0 bridgehead atoms. The maximum Gasteiger partial charge on any atom is 0.230 e. The van der Waals surface area contributed by atoms with Crippen molar-refractivity contribution < 1.29 is 4.79 Å². The number of nitrogens with zero attached hydrogens (tertiary/aromatic N) is 1. The summed E-state index contributed by atoms with van der Waals surface area (Å²) in [6, 6.07) is 6.62. The normalized spacial score (nSPS) is 20.1. The van der Waals surface area contributed by atoms with Crippen LogP contribution in [0.1, 0.15) is 38.8 Å². The lowest BCUT2D eigenvalue weighted by Crippen LogP contribution is -2.50. The fourth-order valence-corrected chi connectivity index (χ4v) is 3.21. The largest absolute Gasteiger partial charge is 0.316 e. The van der Waals surface area contributed by atoms with Crippen molar-refractivity contribution in [2.45, 2.75) is 39.5 Å². The summed E-state index contributed by atoms with van der Waals surface area (Å²) in [5, 5.41) is 3.26. The Kier molecular flexibility index (Phi) is 3.56. The molecule has 0 aliphatic carbocycles. The van der Waals surface area contributed by atoms with Gasteiger partial charge in [-0.3, -0.25) is 4.79 Å². The van der Waals surface area contributed by atoms with E-state index in [1.807, 2.05) is 4.90 Å². The topological polar surface area (TPSA) is 32.3 Å². The van der Waals surface area contributed by atoms with Gasteiger partial charge in [0.1, 0.15) is 0 Å². The molecule has 1 amide bonds. The number of rotatable bonds is 2. The monoisotopic (exact) mass is 286 g/mol. The third kappa shape index (κ3) is 2.59. The van der Waals surface area contributed by atoms with Gasteiger partial charge < -0.3 is 10.2 Å². The minimum Gasteiger partial charge on any atom is -0.316 e. The lowest BCUT2D eigenvalue weighted by atomic mass is 9.85. The van der Waals surface area contributed by atoms with Crippen molar-refractivity contribution in [1.29, 1.82) is 0 Å². The predicted molar refractivity (Wildman–Crippen MR) is 86.7 cm³/mol. The van der Waals surface area contributed by atoms with Crippen molar-refractivity contribution in [3.8, 4) is 0 Å². The molecular weight excluding hydrogens is 260 g/mol. The zero-order valence-corrected chi connectivity index (χ0v) is 13.6. The van der Waals surface area contributed by atoms with Crippen LogP contribution in [0.25, 0.3) is 0 Å². The SMILES string of the molecule is CC(C(=O)N1CCc2cc(C(C)(C)C)ccc21)C1CNC1. The highest BCUT2D eigenvalue weighted by molar-refractivity contribution is 5.97. The summed E-state index contributed by atoms with van der Waals surface area (Å²) in [6.45, 7) is 11.6. The standard InChI is InChI=1S/C18H26N2O/c1-12(14-10-19-11-14)17(21)20-8-7-13-9-15(18(2,3)4)5-6-16(13)20/h5-6,9,12,14,19H,7-8,10-11H2,1-4H3. The third-order valence-electron chi connectivity index (χ3n) is 5.02. The van der Waals surface area contributed by atoms with Gasteiger partial charge in [0.05, 0.1) is 0 Å². The van der Waals surface area contributed by atoms with Crippen molar-refractivity contribution in [3.63, 3.8) is 0 Å². The van der Waals surface area contributed by atoms with Crippen LogP contribution in [0.4, 0.5) is 5.69 Å². The van der Waals surface area contributed by atoms with Crippen molar-refractivity contribution in [2.24, 2.45) is 11.8 Å². The van der Waals surface area contributed by atoms with Crippen molar-refractivity contribution >= 4 is 11.6 Å². The summed E-state index contributed by atoms with van der Waals surface area (Å²) in [5.41, 5.74) is 3.98. The zero-order valence-electron chi connectivity index (χ0n) is 13.6. The molecule has 1 atom stereocenters. The van der Waals surface area contributed by atoms with Crippen LogP contribution in [0.15, 0.2) is 18.2 Å². The van der Waals surface area contributed by atoms with Crippen LogP contribution in [0.5, 0.6) is 0 Å². The van der Waals surface area contributed by atoms with E-state index in [4.69, 9.17) is 0 Å². The molecule has 3 nitrogen and oxygen atoms in total. The first-order valence-corrected chi connectivity index (χ1v) is 8.03. The van der Waals surface area contributed by atoms with Crippen LogP contribution in [-0.4, -0.2) is 25.5 Å². The minimum absolute atomic E-state index is 0.125. The van der Waals surface area contributed by atoms with E-state index in [1.54, 1.807) is 0 Å². The molecule has 2 aliphatic heterocycles. The molecule has 0 saturated carbocycles. The van der Waals surface area contributed by atoms with E-state index in [-0.39, 0.29) is 11.3 Å². The Morgan fingerprint density at radius 3 is 2.62 bits per heavy atom. The van der Waals surface area contributed by atoms with E-state index in [0.29, 0.717) is 11.8 Å². The third-order valence-corrected chi connectivity index (χ3v) is 5.02. The molecular formula is C18H26N2O. The lowest BCUT2D eigenvalue weighted by Gasteiger charge is -2.34. The fraction of sp³-hybridized carbons (Fsp3) is 0.611. The summed E-state index contributed by atoms with van der Waals surface area (Å²) in [7, 11) is 0. The average molecular weight is 286 g/mol. The van der Waals surface area contributed by atoms with Gasteiger partial charge in [0.2, 0.25) is 5.91 Å². The van der Waals surface area contributed by atoms with E-state index in [2.05, 4.69) is 51.2 Å². The Hall–Kier alpha value is -1.35. The maximum absolute atomic E-state index is 12.7. The molecule has 1 N–H and O–H groups in total. The first-order chi connectivity index (χ1) is 9.88. The van der Waals surface area contributed by atoms with E-state index in [9.17, 15) is 4.79 Å². The maximum atomic E-state index is 12.7. The minimum atomic E-state index is 0.125. The highest BCUT2D eigenvalue weighted by Crippen LogP contribution is 2.34. The van der Waals surface area contributed by atoms with Gasteiger partial charge in [-0.2, -0.15) is 0 Å². The Morgan fingerprint density at radius 2 is 2.05 bits per heavy atom. The smallest absolute Gasteiger partial charge is 0.230 e. The van der Waals surface area contributed by atoms with Crippen LogP contribution in [0, 0.1) is 11.8 Å². The molecule has 3 heteroatoms. The molecule has 2 heterocycles. The number of carbonyl (C=O) groups is 1. The lowest BCUT2D eigenvalue weighted by molar-refractivity contribution is -0.123. The summed E-state index contributed by atoms with van der Waals surface area (Å²) < 4.78 is 0. The van der Waals surface area contributed by atoms with Crippen LogP contribution in [0.2, 0.25) is 0 Å². The predicted octanol–water partition coefficient (Wildman–Crippen LogP) is 2.73. The fourth-order valence-electron chi connectivity index (χ4n) is 3.21. The molecule has 1 aromatic rings.